The molecule has 0 heterocycles. The third-order valence-corrected chi connectivity index (χ3v) is 2.00. The summed E-state index contributed by atoms with van der Waals surface area (Å²) >= 11 is 4.08. The normalized spacial score (nSPS) is 10.2. The van der Waals surface area contributed by atoms with E-state index in [9.17, 15) is 0 Å². The van der Waals surface area contributed by atoms with Gasteiger partial charge < -0.3 is 0 Å². The van der Waals surface area contributed by atoms with Crippen LogP contribution in [0.4, 0.5) is 0 Å². The lowest BCUT2D eigenvalue weighted by Crippen LogP contribution is -1.82. The molecule has 0 bridgehead atoms. The number of thiol groups is 1. The van der Waals surface area contributed by atoms with Crippen molar-refractivity contribution in [3.05, 3.63) is 41.0 Å². The molecule has 2 heteroatoms. The number of nitrogens with zero attached hydrogens (tertiary/aromatic N) is 1. The molecule has 0 aliphatic rings. The van der Waals surface area contributed by atoms with Crippen molar-refractivity contribution in [2.45, 2.75) is 6.92 Å². The van der Waals surface area contributed by atoms with Crippen molar-refractivity contribution < 1.29 is 0 Å². The number of aryl methyl sites for hydroxylation is 1. The number of nitriles is 1. The molecule has 1 aromatic carbocycles. The van der Waals surface area contributed by atoms with Gasteiger partial charge in [0.25, 0.3) is 0 Å². The molecule has 0 aliphatic heterocycles. The fourth-order valence-corrected chi connectivity index (χ4v) is 1.21. The van der Waals surface area contributed by atoms with E-state index in [1.807, 2.05) is 37.3 Å². The van der Waals surface area contributed by atoms with Crippen LogP contribution >= 0.6 is 12.6 Å². The molecule has 13 heavy (non-hydrogen) atoms. The van der Waals surface area contributed by atoms with Crippen LogP contribution in [0.1, 0.15) is 16.7 Å². The highest BCUT2D eigenvalue weighted by molar-refractivity contribution is 7.80. The van der Waals surface area contributed by atoms with E-state index >= 15 is 0 Å². The lowest BCUT2D eigenvalue weighted by molar-refractivity contribution is 1.39. The maximum Gasteiger partial charge on any atom is 0.0994 e. The molecule has 0 amide bonds. The van der Waals surface area contributed by atoms with Crippen LogP contribution in [-0.2, 0) is 0 Å². The van der Waals surface area contributed by atoms with Crippen LogP contribution in [-0.4, -0.2) is 5.75 Å². The molecule has 0 atom stereocenters. The Bertz CT molecular complexity index is 361. The minimum absolute atomic E-state index is 0.735. The van der Waals surface area contributed by atoms with E-state index in [-0.39, 0.29) is 0 Å². The van der Waals surface area contributed by atoms with Crippen LogP contribution in [0.25, 0.3) is 6.08 Å². The molecule has 0 aliphatic carbocycles. The first-order chi connectivity index (χ1) is 6.27. The van der Waals surface area contributed by atoms with Gasteiger partial charge in [0.15, 0.2) is 0 Å². The van der Waals surface area contributed by atoms with Crippen LogP contribution in [0.3, 0.4) is 0 Å². The first-order valence-corrected chi connectivity index (χ1v) is 4.69. The van der Waals surface area contributed by atoms with Gasteiger partial charge in [-0.25, -0.2) is 0 Å². The van der Waals surface area contributed by atoms with E-state index in [4.69, 9.17) is 5.26 Å². The Morgan fingerprint density at radius 3 is 2.85 bits per heavy atom. The van der Waals surface area contributed by atoms with Gasteiger partial charge in [-0.15, -0.1) is 0 Å². The Balaban J connectivity index is 2.97. The van der Waals surface area contributed by atoms with Crippen LogP contribution in [0.15, 0.2) is 24.3 Å². The predicted octanol–water partition coefficient (Wildman–Crippen LogP) is 2.81. The third-order valence-electron chi connectivity index (χ3n) is 1.79. The molecule has 0 fully saturated rings. The number of rotatable bonds is 2. The molecular weight excluding hydrogens is 178 g/mol. The van der Waals surface area contributed by atoms with Gasteiger partial charge >= 0.3 is 0 Å². The lowest BCUT2D eigenvalue weighted by atomic mass is 10.1. The predicted molar refractivity (Wildman–Crippen MR) is 58.8 cm³/mol. The zero-order valence-corrected chi connectivity index (χ0v) is 8.38. The Morgan fingerprint density at radius 2 is 2.31 bits per heavy atom. The molecule has 0 aromatic heterocycles. The molecule has 0 N–H and O–H groups in total. The second kappa shape index (κ2) is 4.74. The molecule has 0 saturated carbocycles. The molecule has 1 aromatic rings. The molecule has 0 radical (unpaired) electrons. The van der Waals surface area contributed by atoms with Gasteiger partial charge in [0.05, 0.1) is 11.6 Å². The van der Waals surface area contributed by atoms with Gasteiger partial charge in [-0.3, -0.25) is 0 Å². The summed E-state index contributed by atoms with van der Waals surface area (Å²) in [6.07, 6.45) is 3.98. The molecular formula is C11H11NS. The monoisotopic (exact) mass is 189 g/mol. The molecule has 1 nitrogen and oxygen atoms in total. The largest absolute Gasteiger partial charge is 0.192 e. The van der Waals surface area contributed by atoms with Crippen molar-refractivity contribution >= 4 is 18.7 Å². The Labute approximate surface area is 84.1 Å². The molecule has 0 unspecified atom stereocenters. The Hall–Kier alpha value is -1.20. The summed E-state index contributed by atoms with van der Waals surface area (Å²) in [5.74, 6) is 0.735. The number of benzene rings is 1. The van der Waals surface area contributed by atoms with Crippen LogP contribution < -0.4 is 0 Å². The summed E-state index contributed by atoms with van der Waals surface area (Å²) < 4.78 is 0. The van der Waals surface area contributed by atoms with E-state index in [1.165, 1.54) is 0 Å². The van der Waals surface area contributed by atoms with Gasteiger partial charge in [-0.1, -0.05) is 24.3 Å². The Morgan fingerprint density at radius 1 is 1.54 bits per heavy atom. The highest BCUT2D eigenvalue weighted by atomic mass is 32.1. The standard InChI is InChI=1S/C11H11NS/c1-9-7-10(3-2-6-13)4-5-11(9)8-12/h2-5,7,13H,6H2,1H3. The molecule has 0 spiro atoms. The maximum absolute atomic E-state index is 8.71. The van der Waals surface area contributed by atoms with E-state index < -0.39 is 0 Å². The highest BCUT2D eigenvalue weighted by Gasteiger charge is 1.95. The fourth-order valence-electron chi connectivity index (χ4n) is 1.10. The molecule has 0 saturated heterocycles. The smallest absolute Gasteiger partial charge is 0.0994 e. The second-order valence-corrected chi connectivity index (χ2v) is 3.14. The highest BCUT2D eigenvalue weighted by Crippen LogP contribution is 2.11. The van der Waals surface area contributed by atoms with Crippen molar-refractivity contribution in [1.82, 2.24) is 0 Å². The summed E-state index contributed by atoms with van der Waals surface area (Å²) in [5, 5.41) is 8.71. The topological polar surface area (TPSA) is 23.8 Å². The van der Waals surface area contributed by atoms with Gasteiger partial charge in [0.1, 0.15) is 0 Å². The van der Waals surface area contributed by atoms with Crippen molar-refractivity contribution in [2.24, 2.45) is 0 Å². The first kappa shape index (κ1) is 9.88. The third kappa shape index (κ3) is 2.64. The second-order valence-electron chi connectivity index (χ2n) is 2.77. The van der Waals surface area contributed by atoms with E-state index in [0.717, 1.165) is 22.4 Å². The maximum atomic E-state index is 8.71. The van der Waals surface area contributed by atoms with Crippen molar-refractivity contribution in [1.29, 1.82) is 5.26 Å². The lowest BCUT2D eigenvalue weighted by Gasteiger charge is -1.98. The zero-order chi connectivity index (χ0) is 9.68. The van der Waals surface area contributed by atoms with E-state index in [0.29, 0.717) is 0 Å². The summed E-state index contributed by atoms with van der Waals surface area (Å²) in [6.45, 7) is 1.94. The number of hydrogen-bond acceptors (Lipinski definition) is 2. The van der Waals surface area contributed by atoms with Gasteiger partial charge in [0, 0.05) is 5.75 Å². The minimum Gasteiger partial charge on any atom is -0.192 e. The summed E-state index contributed by atoms with van der Waals surface area (Å²) in [7, 11) is 0. The van der Waals surface area contributed by atoms with Gasteiger partial charge in [-0.05, 0) is 24.1 Å². The van der Waals surface area contributed by atoms with E-state index in [1.54, 1.807) is 0 Å². The summed E-state index contributed by atoms with van der Waals surface area (Å²) in [6, 6.07) is 7.91. The average molecular weight is 189 g/mol. The van der Waals surface area contributed by atoms with Crippen LogP contribution in [0.2, 0.25) is 0 Å². The van der Waals surface area contributed by atoms with Gasteiger partial charge in [0.2, 0.25) is 0 Å². The number of hydrogen-bond donors (Lipinski definition) is 1. The van der Waals surface area contributed by atoms with Gasteiger partial charge in [-0.2, -0.15) is 17.9 Å². The van der Waals surface area contributed by atoms with Crippen LogP contribution in [0, 0.1) is 18.3 Å². The summed E-state index contributed by atoms with van der Waals surface area (Å²) in [4.78, 5) is 0. The van der Waals surface area contributed by atoms with E-state index in [2.05, 4.69) is 18.7 Å². The van der Waals surface area contributed by atoms with Crippen molar-refractivity contribution in [3.8, 4) is 6.07 Å². The Kier molecular flexibility index (Phi) is 3.60. The first-order valence-electron chi connectivity index (χ1n) is 4.06. The minimum atomic E-state index is 0.735. The zero-order valence-electron chi connectivity index (χ0n) is 7.49. The quantitative estimate of drug-likeness (QED) is 0.711. The summed E-state index contributed by atoms with van der Waals surface area (Å²) in [5.41, 5.74) is 2.87. The van der Waals surface area contributed by atoms with Crippen molar-refractivity contribution in [2.75, 3.05) is 5.75 Å². The van der Waals surface area contributed by atoms with Crippen molar-refractivity contribution in [3.63, 3.8) is 0 Å². The molecule has 1 rings (SSSR count). The molecule has 66 valence electrons. The SMILES string of the molecule is Cc1cc(C=CCS)ccc1C#N. The fraction of sp³-hybridized carbons (Fsp3) is 0.182. The average Bonchev–Trinajstić information content (AvgIpc) is 2.15. The van der Waals surface area contributed by atoms with Crippen LogP contribution in [0.5, 0.6) is 0 Å².